The Balaban J connectivity index is 2.04. The van der Waals surface area contributed by atoms with Gasteiger partial charge in [-0.05, 0) is 29.7 Å². The maximum Gasteiger partial charge on any atom is 0.137 e. The van der Waals surface area contributed by atoms with Gasteiger partial charge >= 0.3 is 0 Å². The van der Waals surface area contributed by atoms with E-state index in [0.717, 1.165) is 11.2 Å². The molecule has 24 heavy (non-hydrogen) atoms. The number of rotatable bonds is 1. The van der Waals surface area contributed by atoms with Crippen LogP contribution in [0.1, 0.15) is 25.3 Å². The largest absolute Gasteiger partial charge is 0.456 e. The van der Waals surface area contributed by atoms with Crippen molar-refractivity contribution in [3.8, 4) is 0 Å². The zero-order valence-corrected chi connectivity index (χ0v) is 14.1. The molecule has 0 bridgehead atoms. The van der Waals surface area contributed by atoms with Crippen LogP contribution in [0.2, 0.25) is 0 Å². The summed E-state index contributed by atoms with van der Waals surface area (Å²) in [6.07, 6.45) is 0. The van der Waals surface area contributed by atoms with Gasteiger partial charge in [-0.3, -0.25) is 0 Å². The van der Waals surface area contributed by atoms with E-state index in [4.69, 9.17) is 4.42 Å². The minimum Gasteiger partial charge on any atom is -0.456 e. The van der Waals surface area contributed by atoms with Crippen molar-refractivity contribution >= 4 is 43.7 Å². The van der Waals surface area contributed by atoms with Gasteiger partial charge < -0.3 is 8.98 Å². The third kappa shape index (κ3) is 1.66. The smallest absolute Gasteiger partial charge is 0.137 e. The number of benzene rings is 3. The van der Waals surface area contributed by atoms with Crippen LogP contribution >= 0.6 is 0 Å². The molecule has 118 valence electrons. The van der Waals surface area contributed by atoms with E-state index in [1.54, 1.807) is 0 Å². The molecule has 0 atom stereocenters. The van der Waals surface area contributed by atoms with Gasteiger partial charge in [0.1, 0.15) is 11.2 Å². The number of aryl methyl sites for hydroxylation is 1. The van der Waals surface area contributed by atoms with Crippen LogP contribution < -0.4 is 0 Å². The van der Waals surface area contributed by atoms with Gasteiger partial charge in [0.2, 0.25) is 0 Å². The fourth-order valence-electron chi connectivity index (χ4n) is 3.98. The molecule has 2 heterocycles. The highest BCUT2D eigenvalue weighted by molar-refractivity contribution is 6.17. The summed E-state index contributed by atoms with van der Waals surface area (Å²) in [4.78, 5) is 0. The van der Waals surface area contributed by atoms with Crippen LogP contribution in [0.4, 0.5) is 0 Å². The first-order valence-corrected chi connectivity index (χ1v) is 8.47. The lowest BCUT2D eigenvalue weighted by molar-refractivity contribution is 0.669. The maximum atomic E-state index is 6.08. The quantitative estimate of drug-likeness (QED) is 0.352. The molecule has 0 radical (unpaired) electrons. The van der Waals surface area contributed by atoms with Crippen LogP contribution in [-0.4, -0.2) is 4.57 Å². The molecule has 0 amide bonds. The molecule has 5 aromatic rings. The van der Waals surface area contributed by atoms with Crippen LogP contribution in [-0.2, 0) is 7.05 Å². The normalized spacial score (nSPS) is 12.3. The van der Waals surface area contributed by atoms with Crippen molar-refractivity contribution in [2.75, 3.05) is 0 Å². The van der Waals surface area contributed by atoms with Gasteiger partial charge in [-0.1, -0.05) is 44.2 Å². The molecule has 0 aliphatic heterocycles. The van der Waals surface area contributed by atoms with Gasteiger partial charge in [0.05, 0.1) is 5.52 Å². The predicted octanol–water partition coefficient (Wildman–Crippen LogP) is 6.35. The first kappa shape index (κ1) is 13.7. The molecule has 2 aromatic heterocycles. The van der Waals surface area contributed by atoms with E-state index in [-0.39, 0.29) is 0 Å². The molecule has 0 unspecified atom stereocenters. The molecule has 0 N–H and O–H groups in total. The van der Waals surface area contributed by atoms with Crippen molar-refractivity contribution in [3.63, 3.8) is 0 Å². The van der Waals surface area contributed by atoms with Crippen LogP contribution in [0.3, 0.4) is 0 Å². The summed E-state index contributed by atoms with van der Waals surface area (Å²) in [5.74, 6) is 0.496. The summed E-state index contributed by atoms with van der Waals surface area (Å²) in [5.41, 5.74) is 5.83. The molecule has 0 saturated heterocycles. The fraction of sp³-hybridized carbons (Fsp3) is 0.182. The Morgan fingerprint density at radius 3 is 2.46 bits per heavy atom. The Morgan fingerprint density at radius 1 is 0.792 bits per heavy atom. The fourth-order valence-corrected chi connectivity index (χ4v) is 3.98. The highest BCUT2D eigenvalue weighted by Crippen LogP contribution is 2.38. The molecular formula is C22H19NO. The summed E-state index contributed by atoms with van der Waals surface area (Å²) in [5, 5.41) is 5.07. The van der Waals surface area contributed by atoms with Crippen molar-refractivity contribution < 1.29 is 4.42 Å². The lowest BCUT2D eigenvalue weighted by Crippen LogP contribution is -1.89. The van der Waals surface area contributed by atoms with E-state index in [1.165, 1.54) is 38.1 Å². The van der Waals surface area contributed by atoms with Crippen LogP contribution in [0.25, 0.3) is 43.7 Å². The summed E-state index contributed by atoms with van der Waals surface area (Å²) in [6.45, 7) is 4.53. The number of furan rings is 1. The highest BCUT2D eigenvalue weighted by Gasteiger charge is 2.16. The number of nitrogens with zero attached hydrogens (tertiary/aromatic N) is 1. The Hall–Kier alpha value is -2.74. The van der Waals surface area contributed by atoms with E-state index in [1.807, 2.05) is 12.1 Å². The minimum atomic E-state index is 0.496. The number of hydrogen-bond acceptors (Lipinski definition) is 1. The number of hydrogen-bond donors (Lipinski definition) is 0. The third-order valence-corrected chi connectivity index (χ3v) is 5.18. The van der Waals surface area contributed by atoms with Gasteiger partial charge in [0, 0.05) is 40.2 Å². The first-order valence-electron chi connectivity index (χ1n) is 8.47. The van der Waals surface area contributed by atoms with E-state index in [2.05, 4.69) is 67.9 Å². The summed E-state index contributed by atoms with van der Waals surface area (Å²) in [7, 11) is 2.14. The number of fused-ring (bicyclic) bond motifs is 6. The average Bonchev–Trinajstić information content (AvgIpc) is 3.09. The molecule has 5 rings (SSSR count). The second kappa shape index (κ2) is 4.64. The molecule has 0 spiro atoms. The second-order valence-electron chi connectivity index (χ2n) is 6.92. The van der Waals surface area contributed by atoms with Gasteiger partial charge in [-0.2, -0.15) is 0 Å². The molecule has 0 fully saturated rings. The monoisotopic (exact) mass is 313 g/mol. The number of aromatic nitrogens is 1. The molecular weight excluding hydrogens is 294 g/mol. The number of para-hydroxylation sites is 1. The topological polar surface area (TPSA) is 18.1 Å². The Kier molecular flexibility index (Phi) is 2.64. The SMILES string of the molecule is CC(C)c1cccc2c1c1cc3c(cc1n2C)oc1ccccc13. The molecule has 0 aliphatic rings. The Morgan fingerprint density at radius 2 is 1.62 bits per heavy atom. The standard InChI is InChI=1S/C22H19NO/c1-13(2)14-8-6-9-18-22(14)17-11-16-15-7-4-5-10-20(15)24-21(16)12-19(17)23(18)3/h4-13H,1-3H3. The van der Waals surface area contributed by atoms with E-state index >= 15 is 0 Å². The van der Waals surface area contributed by atoms with Crippen molar-refractivity contribution in [2.45, 2.75) is 19.8 Å². The molecule has 0 saturated carbocycles. The van der Waals surface area contributed by atoms with E-state index < -0.39 is 0 Å². The lowest BCUT2D eigenvalue weighted by atomic mass is 9.97. The third-order valence-electron chi connectivity index (χ3n) is 5.18. The zero-order valence-electron chi connectivity index (χ0n) is 14.1. The van der Waals surface area contributed by atoms with E-state index in [0.29, 0.717) is 5.92 Å². The van der Waals surface area contributed by atoms with Gasteiger partial charge in [0.25, 0.3) is 0 Å². The average molecular weight is 313 g/mol. The van der Waals surface area contributed by atoms with Crippen molar-refractivity contribution in [1.82, 2.24) is 4.57 Å². The van der Waals surface area contributed by atoms with Crippen LogP contribution in [0, 0.1) is 0 Å². The molecule has 2 heteroatoms. The summed E-state index contributed by atoms with van der Waals surface area (Å²) in [6, 6.07) is 19.4. The van der Waals surface area contributed by atoms with Gasteiger partial charge in [-0.25, -0.2) is 0 Å². The summed E-state index contributed by atoms with van der Waals surface area (Å²) < 4.78 is 8.36. The highest BCUT2D eigenvalue weighted by atomic mass is 16.3. The van der Waals surface area contributed by atoms with Crippen molar-refractivity contribution in [1.29, 1.82) is 0 Å². The molecule has 3 aromatic carbocycles. The van der Waals surface area contributed by atoms with Crippen LogP contribution in [0.5, 0.6) is 0 Å². The lowest BCUT2D eigenvalue weighted by Gasteiger charge is -2.07. The predicted molar refractivity (Wildman–Crippen MR) is 102 cm³/mol. The Bertz CT molecular complexity index is 1240. The second-order valence-corrected chi connectivity index (χ2v) is 6.92. The molecule has 0 aliphatic carbocycles. The maximum absolute atomic E-state index is 6.08. The molecule has 2 nitrogen and oxygen atoms in total. The van der Waals surface area contributed by atoms with Crippen molar-refractivity contribution in [3.05, 3.63) is 60.2 Å². The van der Waals surface area contributed by atoms with Gasteiger partial charge in [-0.15, -0.1) is 0 Å². The minimum absolute atomic E-state index is 0.496. The zero-order chi connectivity index (χ0) is 16.4. The van der Waals surface area contributed by atoms with Gasteiger partial charge in [0.15, 0.2) is 0 Å². The van der Waals surface area contributed by atoms with Crippen LogP contribution in [0.15, 0.2) is 59.0 Å². The summed E-state index contributed by atoms with van der Waals surface area (Å²) >= 11 is 0. The first-order chi connectivity index (χ1) is 11.6. The van der Waals surface area contributed by atoms with E-state index in [9.17, 15) is 0 Å². The van der Waals surface area contributed by atoms with Crippen molar-refractivity contribution in [2.24, 2.45) is 7.05 Å². The Labute approximate surface area is 140 Å².